The van der Waals surface area contributed by atoms with Crippen molar-refractivity contribution in [2.45, 2.75) is 32.7 Å². The molecule has 0 aliphatic carbocycles. The van der Waals surface area contributed by atoms with Gasteiger partial charge in [0.2, 0.25) is 5.91 Å². The molecule has 1 aromatic rings. The summed E-state index contributed by atoms with van der Waals surface area (Å²) >= 11 is 5.65. The summed E-state index contributed by atoms with van der Waals surface area (Å²) in [7, 11) is 0. The molecule has 0 saturated heterocycles. The standard InChI is InChI=1S/C13H18BrIN2O/c1-13(2,3)16-7-6-12(18)17-11-8-9(15)4-5-10(11)14/h4-5,8,16H,6-7H2,1-3H3,(H,17,18). The maximum atomic E-state index is 11.8. The van der Waals surface area contributed by atoms with Crippen LogP contribution in [0.1, 0.15) is 27.2 Å². The van der Waals surface area contributed by atoms with Gasteiger partial charge in [0.1, 0.15) is 0 Å². The first-order chi connectivity index (χ1) is 8.28. The average molecular weight is 425 g/mol. The highest BCUT2D eigenvalue weighted by Crippen LogP contribution is 2.24. The van der Waals surface area contributed by atoms with E-state index in [0.717, 1.165) is 13.7 Å². The second-order valence-corrected chi connectivity index (χ2v) is 7.20. The van der Waals surface area contributed by atoms with Crippen molar-refractivity contribution in [3.8, 4) is 0 Å². The molecule has 0 fully saturated rings. The van der Waals surface area contributed by atoms with Crippen LogP contribution in [-0.2, 0) is 4.79 Å². The average Bonchev–Trinajstić information content (AvgIpc) is 2.21. The van der Waals surface area contributed by atoms with Crippen LogP contribution in [0.3, 0.4) is 0 Å². The van der Waals surface area contributed by atoms with Gasteiger partial charge in [-0.15, -0.1) is 0 Å². The van der Waals surface area contributed by atoms with Crippen molar-refractivity contribution < 1.29 is 4.79 Å². The number of anilines is 1. The van der Waals surface area contributed by atoms with E-state index < -0.39 is 0 Å². The van der Waals surface area contributed by atoms with Gasteiger partial charge in [0.25, 0.3) is 0 Å². The van der Waals surface area contributed by atoms with Gasteiger partial charge in [-0.25, -0.2) is 0 Å². The van der Waals surface area contributed by atoms with Crippen molar-refractivity contribution >= 4 is 50.1 Å². The third kappa shape index (κ3) is 6.15. The van der Waals surface area contributed by atoms with Gasteiger partial charge in [0.15, 0.2) is 0 Å². The quantitative estimate of drug-likeness (QED) is 0.722. The lowest BCUT2D eigenvalue weighted by molar-refractivity contribution is -0.116. The van der Waals surface area contributed by atoms with Gasteiger partial charge in [0, 0.05) is 26.5 Å². The minimum atomic E-state index is 0.0226. The maximum Gasteiger partial charge on any atom is 0.225 e. The van der Waals surface area contributed by atoms with E-state index in [1.165, 1.54) is 0 Å². The Morgan fingerprint density at radius 1 is 1.39 bits per heavy atom. The van der Waals surface area contributed by atoms with Gasteiger partial charge < -0.3 is 10.6 Å². The minimum absolute atomic E-state index is 0.0226. The van der Waals surface area contributed by atoms with Crippen LogP contribution >= 0.6 is 38.5 Å². The molecule has 3 nitrogen and oxygen atoms in total. The van der Waals surface area contributed by atoms with Crippen LogP contribution in [-0.4, -0.2) is 18.0 Å². The Kier molecular flexibility index (Phi) is 6.07. The van der Waals surface area contributed by atoms with E-state index in [1.54, 1.807) is 0 Å². The van der Waals surface area contributed by atoms with Crippen molar-refractivity contribution in [2.24, 2.45) is 0 Å². The Balaban J connectivity index is 2.47. The molecular formula is C13H18BrIN2O. The number of carbonyl (C=O) groups excluding carboxylic acids is 1. The number of benzene rings is 1. The highest BCUT2D eigenvalue weighted by atomic mass is 127. The van der Waals surface area contributed by atoms with E-state index in [2.05, 4.69) is 69.9 Å². The summed E-state index contributed by atoms with van der Waals surface area (Å²) < 4.78 is 2.00. The van der Waals surface area contributed by atoms with Crippen molar-refractivity contribution in [2.75, 3.05) is 11.9 Å². The maximum absolute atomic E-state index is 11.8. The molecule has 0 heterocycles. The van der Waals surface area contributed by atoms with Crippen LogP contribution in [0.15, 0.2) is 22.7 Å². The largest absolute Gasteiger partial charge is 0.325 e. The topological polar surface area (TPSA) is 41.1 Å². The van der Waals surface area contributed by atoms with Gasteiger partial charge in [-0.3, -0.25) is 4.79 Å². The molecule has 0 aliphatic heterocycles. The number of amides is 1. The lowest BCUT2D eigenvalue weighted by atomic mass is 10.1. The predicted octanol–water partition coefficient (Wildman–Crippen LogP) is 3.77. The third-order valence-corrected chi connectivity index (χ3v) is 3.57. The smallest absolute Gasteiger partial charge is 0.225 e. The first-order valence-electron chi connectivity index (χ1n) is 5.78. The summed E-state index contributed by atoms with van der Waals surface area (Å²) in [6.45, 7) is 6.93. The molecule has 2 N–H and O–H groups in total. The molecule has 5 heteroatoms. The molecular weight excluding hydrogens is 407 g/mol. The van der Waals surface area contributed by atoms with Gasteiger partial charge in [-0.1, -0.05) is 0 Å². The fraction of sp³-hybridized carbons (Fsp3) is 0.462. The molecule has 1 rings (SSSR count). The Hall–Kier alpha value is -0.140. The zero-order valence-corrected chi connectivity index (χ0v) is 14.6. The zero-order chi connectivity index (χ0) is 13.8. The zero-order valence-electron chi connectivity index (χ0n) is 10.8. The van der Waals surface area contributed by atoms with E-state index >= 15 is 0 Å². The van der Waals surface area contributed by atoms with Crippen LogP contribution in [0.5, 0.6) is 0 Å². The van der Waals surface area contributed by atoms with Crippen molar-refractivity contribution in [3.05, 3.63) is 26.2 Å². The molecule has 0 bridgehead atoms. The van der Waals surface area contributed by atoms with Crippen LogP contribution in [0.2, 0.25) is 0 Å². The van der Waals surface area contributed by atoms with Crippen LogP contribution in [0, 0.1) is 3.57 Å². The summed E-state index contributed by atoms with van der Waals surface area (Å²) in [5, 5.41) is 6.20. The van der Waals surface area contributed by atoms with Crippen LogP contribution in [0.25, 0.3) is 0 Å². The number of hydrogen-bond acceptors (Lipinski definition) is 2. The molecule has 0 spiro atoms. The molecule has 0 atom stereocenters. The fourth-order valence-corrected chi connectivity index (χ4v) is 2.19. The van der Waals surface area contributed by atoms with E-state index in [1.807, 2.05) is 18.2 Å². The Morgan fingerprint density at radius 3 is 2.67 bits per heavy atom. The van der Waals surface area contributed by atoms with Crippen molar-refractivity contribution in [1.29, 1.82) is 0 Å². The first-order valence-corrected chi connectivity index (χ1v) is 7.65. The normalized spacial score (nSPS) is 11.4. The highest BCUT2D eigenvalue weighted by molar-refractivity contribution is 14.1. The molecule has 1 aromatic carbocycles. The van der Waals surface area contributed by atoms with E-state index in [-0.39, 0.29) is 11.4 Å². The SMILES string of the molecule is CC(C)(C)NCCC(=O)Nc1cc(I)ccc1Br. The molecule has 0 unspecified atom stereocenters. The molecule has 100 valence electrons. The molecule has 1 amide bonds. The number of nitrogens with one attached hydrogen (secondary N) is 2. The van der Waals surface area contributed by atoms with Crippen molar-refractivity contribution in [3.63, 3.8) is 0 Å². The molecule has 18 heavy (non-hydrogen) atoms. The van der Waals surface area contributed by atoms with E-state index in [9.17, 15) is 4.79 Å². The number of halogens is 2. The van der Waals surface area contributed by atoms with Gasteiger partial charge in [-0.2, -0.15) is 0 Å². The Labute approximate surface area is 130 Å². The summed E-state index contributed by atoms with van der Waals surface area (Å²) in [6.07, 6.45) is 0.467. The third-order valence-electron chi connectivity index (χ3n) is 2.21. The van der Waals surface area contributed by atoms with Crippen molar-refractivity contribution in [1.82, 2.24) is 5.32 Å². The van der Waals surface area contributed by atoms with Crippen LogP contribution < -0.4 is 10.6 Å². The predicted molar refractivity (Wildman–Crippen MR) is 87.9 cm³/mol. The highest BCUT2D eigenvalue weighted by Gasteiger charge is 2.10. The number of hydrogen-bond donors (Lipinski definition) is 2. The monoisotopic (exact) mass is 424 g/mol. The Morgan fingerprint density at radius 2 is 2.06 bits per heavy atom. The summed E-state index contributed by atoms with van der Waals surface area (Å²) in [5.74, 6) is 0.0226. The van der Waals surface area contributed by atoms with Crippen LogP contribution in [0.4, 0.5) is 5.69 Å². The van der Waals surface area contributed by atoms with Gasteiger partial charge >= 0.3 is 0 Å². The lowest BCUT2D eigenvalue weighted by Gasteiger charge is -2.20. The van der Waals surface area contributed by atoms with Gasteiger partial charge in [0.05, 0.1) is 5.69 Å². The summed E-state index contributed by atoms with van der Waals surface area (Å²) in [5.41, 5.74) is 0.867. The number of rotatable bonds is 4. The number of carbonyl (C=O) groups is 1. The summed E-state index contributed by atoms with van der Waals surface area (Å²) in [6, 6.07) is 5.87. The lowest BCUT2D eigenvalue weighted by Crippen LogP contribution is -2.37. The van der Waals surface area contributed by atoms with Gasteiger partial charge in [-0.05, 0) is 77.5 Å². The molecule has 0 radical (unpaired) electrons. The molecule has 0 aromatic heterocycles. The Bertz CT molecular complexity index is 429. The second kappa shape index (κ2) is 6.86. The van der Waals surface area contributed by atoms with E-state index in [4.69, 9.17) is 0 Å². The molecule has 0 saturated carbocycles. The van der Waals surface area contributed by atoms with E-state index in [0.29, 0.717) is 13.0 Å². The second-order valence-electron chi connectivity index (χ2n) is 5.10. The fourth-order valence-electron chi connectivity index (χ4n) is 1.36. The minimum Gasteiger partial charge on any atom is -0.325 e. The summed E-state index contributed by atoms with van der Waals surface area (Å²) in [4.78, 5) is 11.8. The first kappa shape index (κ1) is 15.9. The molecule has 0 aliphatic rings.